The zero-order valence-electron chi connectivity index (χ0n) is 7.85. The van der Waals surface area contributed by atoms with E-state index in [1.165, 1.54) is 6.92 Å². The first-order valence-corrected chi connectivity index (χ1v) is 4.85. The minimum Gasteiger partial charge on any atom is -0.388 e. The fourth-order valence-corrected chi connectivity index (χ4v) is 0.671. The Morgan fingerprint density at radius 2 is 1.56 bits per heavy atom. The summed E-state index contributed by atoms with van der Waals surface area (Å²) in [7, 11) is -5.99. The van der Waals surface area contributed by atoms with E-state index in [1.54, 1.807) is 0 Å². The molecule has 4 N–H and O–H groups in total. The number of nitrogens with two attached hydrogens (primary N) is 1. The summed E-state index contributed by atoms with van der Waals surface area (Å²) in [6, 6.07) is 0. The van der Waals surface area contributed by atoms with Crippen LogP contribution in [0.5, 0.6) is 0 Å². The predicted octanol–water partition coefficient (Wildman–Crippen LogP) is 1.36. The molecule has 5 nitrogen and oxygen atoms in total. The van der Waals surface area contributed by atoms with E-state index >= 15 is 0 Å². The van der Waals surface area contributed by atoms with Crippen LogP contribution in [0.1, 0.15) is 13.3 Å². The molecule has 0 spiro atoms. The predicted molar refractivity (Wildman–Crippen MR) is 44.8 cm³/mol. The second-order valence-electron chi connectivity index (χ2n) is 2.59. The van der Waals surface area contributed by atoms with Gasteiger partial charge in [0.25, 0.3) is 0 Å². The topological polar surface area (TPSA) is 104 Å². The molecular weight excluding hydrogens is 263 g/mol. The molecule has 0 amide bonds. The molecule has 11 heteroatoms. The highest BCUT2D eigenvalue weighted by Crippen LogP contribution is 2.34. The van der Waals surface area contributed by atoms with E-state index in [2.05, 4.69) is 0 Å². The molecule has 0 aliphatic heterocycles. The van der Waals surface area contributed by atoms with Crippen LogP contribution in [0.15, 0.2) is 0 Å². The van der Waals surface area contributed by atoms with Crippen molar-refractivity contribution >= 4 is 16.0 Å². The van der Waals surface area contributed by atoms with Gasteiger partial charge in [-0.25, -0.2) is 0 Å². The molecule has 0 saturated carbocycles. The van der Waals surface area contributed by atoms with E-state index in [1.807, 2.05) is 0 Å². The molecule has 0 rings (SSSR count). The third-order valence-corrected chi connectivity index (χ3v) is 1.68. The van der Waals surface area contributed by atoms with Gasteiger partial charge in [0.15, 0.2) is 0 Å². The van der Waals surface area contributed by atoms with Crippen LogP contribution >= 0.6 is 0 Å². The van der Waals surface area contributed by atoms with Crippen LogP contribution in [0.2, 0.25) is 0 Å². The summed E-state index contributed by atoms with van der Waals surface area (Å²) in [5.41, 5.74) is 4.69. The van der Waals surface area contributed by atoms with Crippen molar-refractivity contribution in [3.63, 3.8) is 0 Å². The van der Waals surface area contributed by atoms with Gasteiger partial charge in [0.1, 0.15) is 6.42 Å². The lowest BCUT2D eigenvalue weighted by Gasteiger charge is -2.14. The fourth-order valence-electron chi connectivity index (χ4n) is 0.325. The van der Waals surface area contributed by atoms with Gasteiger partial charge in [-0.1, -0.05) is 0 Å². The molecule has 0 aromatic heterocycles. The summed E-state index contributed by atoms with van der Waals surface area (Å²) in [5, 5.41) is 1.10. The molecule has 0 heterocycles. The monoisotopic (exact) mass is 272 g/mol. The molecule has 0 aliphatic carbocycles. The second kappa shape index (κ2) is 5.39. The molecule has 0 radical (unpaired) electrons. The second-order valence-corrected chi connectivity index (χ2v) is 4.13. The molecule has 0 aliphatic rings. The molecule has 0 bridgehead atoms. The lowest BCUT2D eigenvalue weighted by molar-refractivity contribution is -0.168. The number of rotatable bonds is 2. The Hall–Kier alpha value is -0.970. The van der Waals surface area contributed by atoms with Crippen LogP contribution in [0.4, 0.5) is 22.0 Å². The van der Waals surface area contributed by atoms with Gasteiger partial charge in [0.05, 0.1) is 5.84 Å². The smallest absolute Gasteiger partial charge is 0.388 e. The Kier molecular flexibility index (Phi) is 5.87. The number of alkyl halides is 5. The Morgan fingerprint density at radius 1 is 1.31 bits per heavy atom. The standard InChI is InChI=1S/C3H3F5O3S.C2H6N2/c4-2(5,6)1-3(7,8)12(9,10)11;1-2(3)4/h1H2,(H,9,10,11);1H3,(H3,3,4). The summed E-state index contributed by atoms with van der Waals surface area (Å²) in [5.74, 6) is 0.167. The summed E-state index contributed by atoms with van der Waals surface area (Å²) < 4.78 is 84.3. The molecule has 98 valence electrons. The van der Waals surface area contributed by atoms with Crippen molar-refractivity contribution in [3.8, 4) is 0 Å². The van der Waals surface area contributed by atoms with E-state index in [-0.39, 0.29) is 5.84 Å². The Morgan fingerprint density at radius 3 is 1.62 bits per heavy atom. The van der Waals surface area contributed by atoms with Gasteiger partial charge in [0.2, 0.25) is 0 Å². The molecule has 0 fully saturated rings. The number of hydrogen-bond donors (Lipinski definition) is 3. The first-order valence-electron chi connectivity index (χ1n) is 3.41. The van der Waals surface area contributed by atoms with E-state index in [0.717, 1.165) is 0 Å². The maximum absolute atomic E-state index is 11.9. The lowest BCUT2D eigenvalue weighted by Crippen LogP contribution is -2.33. The van der Waals surface area contributed by atoms with Crippen molar-refractivity contribution in [1.82, 2.24) is 0 Å². The number of nitrogens with one attached hydrogen (secondary N) is 1. The van der Waals surface area contributed by atoms with Crippen molar-refractivity contribution in [2.24, 2.45) is 5.73 Å². The molecule has 0 unspecified atom stereocenters. The van der Waals surface area contributed by atoms with Crippen molar-refractivity contribution in [2.45, 2.75) is 24.8 Å². The number of halogens is 5. The normalized spacial score (nSPS) is 12.7. The maximum atomic E-state index is 11.9. The quantitative estimate of drug-likeness (QED) is 0.305. The summed E-state index contributed by atoms with van der Waals surface area (Å²) in [6.45, 7) is 1.53. The highest BCUT2D eigenvalue weighted by molar-refractivity contribution is 7.86. The van der Waals surface area contributed by atoms with Gasteiger partial charge in [-0.15, -0.1) is 0 Å². The summed E-state index contributed by atoms with van der Waals surface area (Å²) in [6.07, 6.45) is -8.24. The first-order chi connectivity index (χ1) is 6.69. The average molecular weight is 272 g/mol. The largest absolute Gasteiger partial charge is 0.396 e. The zero-order valence-corrected chi connectivity index (χ0v) is 8.66. The molecule has 0 aromatic rings. The van der Waals surface area contributed by atoms with E-state index in [0.29, 0.717) is 0 Å². The number of amidine groups is 1. The maximum Gasteiger partial charge on any atom is 0.396 e. The van der Waals surface area contributed by atoms with Gasteiger partial charge in [-0.05, 0) is 6.92 Å². The van der Waals surface area contributed by atoms with Crippen molar-refractivity contribution in [2.75, 3.05) is 0 Å². The van der Waals surface area contributed by atoms with Crippen molar-refractivity contribution < 1.29 is 34.9 Å². The van der Waals surface area contributed by atoms with Crippen molar-refractivity contribution in [3.05, 3.63) is 0 Å². The first kappa shape index (κ1) is 17.4. The minimum absolute atomic E-state index is 0.167. The van der Waals surface area contributed by atoms with Crippen LogP contribution < -0.4 is 5.73 Å². The Labute approximate surface area is 87.7 Å². The van der Waals surface area contributed by atoms with E-state index < -0.39 is 28.0 Å². The van der Waals surface area contributed by atoms with Gasteiger partial charge in [-0.3, -0.25) is 9.96 Å². The van der Waals surface area contributed by atoms with Crippen LogP contribution in [-0.2, 0) is 10.1 Å². The average Bonchev–Trinajstić information content (AvgIpc) is 1.74. The third kappa shape index (κ3) is 9.58. The van der Waals surface area contributed by atoms with Gasteiger partial charge in [-0.2, -0.15) is 30.4 Å². The zero-order chi connectivity index (χ0) is 13.8. The molecule has 16 heavy (non-hydrogen) atoms. The van der Waals surface area contributed by atoms with Gasteiger partial charge < -0.3 is 5.73 Å². The Balaban J connectivity index is 0. The van der Waals surface area contributed by atoms with Crippen LogP contribution in [0.3, 0.4) is 0 Å². The molecule has 0 atom stereocenters. The van der Waals surface area contributed by atoms with Crippen LogP contribution in [-0.4, -0.2) is 30.2 Å². The third-order valence-electron chi connectivity index (χ3n) is 0.784. The minimum atomic E-state index is -5.99. The van der Waals surface area contributed by atoms with Crippen molar-refractivity contribution in [1.29, 1.82) is 5.41 Å². The fraction of sp³-hybridized carbons (Fsp3) is 0.800. The molecule has 0 saturated heterocycles. The van der Waals surface area contributed by atoms with Crippen LogP contribution in [0.25, 0.3) is 0 Å². The summed E-state index contributed by atoms with van der Waals surface area (Å²) >= 11 is 0. The number of hydrogen-bond acceptors (Lipinski definition) is 3. The highest BCUT2D eigenvalue weighted by atomic mass is 32.2. The molecule has 0 aromatic carbocycles. The SMILES string of the molecule is CC(=N)N.O=S(=O)(O)C(F)(F)CC(F)(F)F. The van der Waals surface area contributed by atoms with Crippen LogP contribution in [0, 0.1) is 5.41 Å². The lowest BCUT2D eigenvalue weighted by atomic mass is 10.4. The van der Waals surface area contributed by atoms with Gasteiger partial charge >= 0.3 is 21.5 Å². The highest BCUT2D eigenvalue weighted by Gasteiger charge is 2.52. The van der Waals surface area contributed by atoms with E-state index in [4.69, 9.17) is 15.7 Å². The van der Waals surface area contributed by atoms with E-state index in [9.17, 15) is 30.4 Å². The van der Waals surface area contributed by atoms with Gasteiger partial charge in [0, 0.05) is 0 Å². The Bertz CT molecular complexity index is 332. The molecular formula is C5H9F5N2O3S. The summed E-state index contributed by atoms with van der Waals surface area (Å²) in [4.78, 5) is 0.